The normalized spacial score (nSPS) is 18.3. The molecule has 1 aromatic heterocycles. The van der Waals surface area contributed by atoms with Gasteiger partial charge < -0.3 is 10.2 Å². The molecule has 0 bridgehead atoms. The summed E-state index contributed by atoms with van der Waals surface area (Å²) in [6.45, 7) is 7.61. The molecular formula is C20H26N2OS. The average Bonchev–Trinajstić information content (AvgIpc) is 3.07. The summed E-state index contributed by atoms with van der Waals surface area (Å²) in [6, 6.07) is 11.0. The van der Waals surface area contributed by atoms with Crippen molar-refractivity contribution in [2.24, 2.45) is 0 Å². The SMILES string of the molecule is CC[C@H](C)NCC(=O)N1CCc2sccc2[C@H]1c1ccccc1C. The van der Waals surface area contributed by atoms with Crippen molar-refractivity contribution < 1.29 is 4.79 Å². The number of hydrogen-bond donors (Lipinski definition) is 1. The Morgan fingerprint density at radius 1 is 1.33 bits per heavy atom. The van der Waals surface area contributed by atoms with E-state index in [0.717, 1.165) is 19.4 Å². The molecule has 1 aromatic carbocycles. The van der Waals surface area contributed by atoms with Gasteiger partial charge in [-0.05, 0) is 54.8 Å². The zero-order chi connectivity index (χ0) is 17.1. The van der Waals surface area contributed by atoms with Gasteiger partial charge in [0.1, 0.15) is 0 Å². The van der Waals surface area contributed by atoms with E-state index in [1.54, 1.807) is 0 Å². The van der Waals surface area contributed by atoms with Crippen LogP contribution in [0.5, 0.6) is 0 Å². The molecule has 2 aromatic rings. The van der Waals surface area contributed by atoms with Crippen molar-refractivity contribution in [3.8, 4) is 0 Å². The van der Waals surface area contributed by atoms with E-state index >= 15 is 0 Å². The summed E-state index contributed by atoms with van der Waals surface area (Å²) < 4.78 is 0. The van der Waals surface area contributed by atoms with Gasteiger partial charge in [-0.1, -0.05) is 31.2 Å². The van der Waals surface area contributed by atoms with Crippen molar-refractivity contribution in [1.82, 2.24) is 10.2 Å². The molecule has 0 radical (unpaired) electrons. The molecule has 2 atom stereocenters. The Balaban J connectivity index is 1.91. The Labute approximate surface area is 148 Å². The lowest BCUT2D eigenvalue weighted by Gasteiger charge is -2.37. The highest BCUT2D eigenvalue weighted by Crippen LogP contribution is 2.38. The Morgan fingerprint density at radius 2 is 2.12 bits per heavy atom. The second-order valence-electron chi connectivity index (χ2n) is 6.59. The number of hydrogen-bond acceptors (Lipinski definition) is 3. The van der Waals surface area contributed by atoms with Crippen LogP contribution in [0.1, 0.15) is 47.9 Å². The fraction of sp³-hybridized carbons (Fsp3) is 0.450. The molecular weight excluding hydrogens is 316 g/mol. The minimum Gasteiger partial charge on any atom is -0.330 e. The largest absolute Gasteiger partial charge is 0.330 e. The molecule has 2 heterocycles. The molecule has 1 aliphatic heterocycles. The van der Waals surface area contributed by atoms with E-state index in [1.165, 1.54) is 21.6 Å². The summed E-state index contributed by atoms with van der Waals surface area (Å²) in [4.78, 5) is 16.4. The first-order chi connectivity index (χ1) is 11.6. The average molecular weight is 343 g/mol. The van der Waals surface area contributed by atoms with Crippen LogP contribution in [-0.4, -0.2) is 29.9 Å². The van der Waals surface area contributed by atoms with Gasteiger partial charge in [0, 0.05) is 17.5 Å². The van der Waals surface area contributed by atoms with Crippen molar-refractivity contribution in [2.45, 2.75) is 45.7 Å². The Bertz CT molecular complexity index is 709. The molecule has 4 heteroatoms. The first-order valence-electron chi connectivity index (χ1n) is 8.76. The summed E-state index contributed by atoms with van der Waals surface area (Å²) in [5, 5.41) is 5.50. The van der Waals surface area contributed by atoms with Gasteiger partial charge in [-0.15, -0.1) is 11.3 Å². The van der Waals surface area contributed by atoms with Crippen LogP contribution in [0.4, 0.5) is 0 Å². The summed E-state index contributed by atoms with van der Waals surface area (Å²) in [6.07, 6.45) is 1.99. The highest BCUT2D eigenvalue weighted by atomic mass is 32.1. The van der Waals surface area contributed by atoms with Crippen molar-refractivity contribution in [2.75, 3.05) is 13.1 Å². The lowest BCUT2D eigenvalue weighted by Crippen LogP contribution is -2.45. The van der Waals surface area contributed by atoms with Gasteiger partial charge in [-0.25, -0.2) is 0 Å². The zero-order valence-corrected chi connectivity index (χ0v) is 15.5. The Kier molecular flexibility index (Phi) is 5.36. The van der Waals surface area contributed by atoms with Crippen molar-refractivity contribution in [3.63, 3.8) is 0 Å². The zero-order valence-electron chi connectivity index (χ0n) is 14.7. The van der Waals surface area contributed by atoms with Crippen LogP contribution in [-0.2, 0) is 11.2 Å². The van der Waals surface area contributed by atoms with E-state index in [1.807, 2.05) is 11.3 Å². The molecule has 0 fully saturated rings. The van der Waals surface area contributed by atoms with Gasteiger partial charge >= 0.3 is 0 Å². The minimum absolute atomic E-state index is 0.0485. The molecule has 1 amide bonds. The third kappa shape index (κ3) is 3.40. The molecule has 0 saturated heterocycles. The summed E-state index contributed by atoms with van der Waals surface area (Å²) >= 11 is 1.81. The maximum atomic E-state index is 12.9. The molecule has 0 aliphatic carbocycles. The molecule has 24 heavy (non-hydrogen) atoms. The van der Waals surface area contributed by atoms with E-state index in [2.05, 4.69) is 66.7 Å². The number of fused-ring (bicyclic) bond motifs is 1. The van der Waals surface area contributed by atoms with Crippen LogP contribution in [0.15, 0.2) is 35.7 Å². The van der Waals surface area contributed by atoms with Gasteiger partial charge in [0.05, 0.1) is 12.6 Å². The smallest absolute Gasteiger partial charge is 0.237 e. The molecule has 3 rings (SSSR count). The summed E-state index contributed by atoms with van der Waals surface area (Å²) in [5.41, 5.74) is 3.79. The van der Waals surface area contributed by atoms with E-state index < -0.39 is 0 Å². The molecule has 0 saturated carbocycles. The van der Waals surface area contributed by atoms with Gasteiger partial charge in [0.15, 0.2) is 0 Å². The molecule has 1 N–H and O–H groups in total. The standard InChI is InChI=1S/C20H26N2OS/c1-4-15(3)21-13-19(23)22-11-9-18-17(10-12-24-18)20(22)16-8-6-5-7-14(16)2/h5-8,10,12,15,20-21H,4,9,11,13H2,1-3H3/t15-,20+/m0/s1. The fourth-order valence-electron chi connectivity index (χ4n) is 3.32. The van der Waals surface area contributed by atoms with Crippen molar-refractivity contribution >= 4 is 17.2 Å². The first kappa shape index (κ1) is 17.2. The number of nitrogens with zero attached hydrogens (tertiary/aromatic N) is 1. The topological polar surface area (TPSA) is 32.3 Å². The fourth-order valence-corrected chi connectivity index (χ4v) is 4.23. The number of aryl methyl sites for hydroxylation is 1. The first-order valence-corrected chi connectivity index (χ1v) is 9.64. The van der Waals surface area contributed by atoms with Crippen LogP contribution in [0.3, 0.4) is 0 Å². The lowest BCUT2D eigenvalue weighted by atomic mass is 9.90. The van der Waals surface area contributed by atoms with Crippen LogP contribution in [0.25, 0.3) is 0 Å². The number of carbonyl (C=O) groups is 1. The maximum absolute atomic E-state index is 12.9. The van der Waals surface area contributed by atoms with E-state index in [9.17, 15) is 4.79 Å². The quantitative estimate of drug-likeness (QED) is 0.893. The monoisotopic (exact) mass is 342 g/mol. The van der Waals surface area contributed by atoms with Crippen LogP contribution in [0, 0.1) is 6.92 Å². The highest BCUT2D eigenvalue weighted by molar-refractivity contribution is 7.10. The number of nitrogens with one attached hydrogen (secondary N) is 1. The predicted molar refractivity (Wildman–Crippen MR) is 101 cm³/mol. The minimum atomic E-state index is 0.0485. The molecule has 0 unspecified atom stereocenters. The van der Waals surface area contributed by atoms with E-state index in [0.29, 0.717) is 12.6 Å². The lowest BCUT2D eigenvalue weighted by molar-refractivity contribution is -0.132. The Morgan fingerprint density at radius 3 is 2.88 bits per heavy atom. The van der Waals surface area contributed by atoms with Crippen molar-refractivity contribution in [1.29, 1.82) is 0 Å². The van der Waals surface area contributed by atoms with E-state index in [-0.39, 0.29) is 11.9 Å². The number of benzene rings is 1. The third-order valence-corrected chi connectivity index (χ3v) is 5.98. The van der Waals surface area contributed by atoms with Crippen LogP contribution in [0.2, 0.25) is 0 Å². The second-order valence-corrected chi connectivity index (χ2v) is 7.59. The van der Waals surface area contributed by atoms with Gasteiger partial charge in [0.25, 0.3) is 0 Å². The van der Waals surface area contributed by atoms with Gasteiger partial charge in [-0.3, -0.25) is 4.79 Å². The number of thiophene rings is 1. The number of amides is 1. The van der Waals surface area contributed by atoms with Gasteiger partial charge in [-0.2, -0.15) is 0 Å². The summed E-state index contributed by atoms with van der Waals surface area (Å²) in [7, 11) is 0. The molecule has 3 nitrogen and oxygen atoms in total. The molecule has 1 aliphatic rings. The predicted octanol–water partition coefficient (Wildman–Crippen LogP) is 3.92. The van der Waals surface area contributed by atoms with Gasteiger partial charge in [0.2, 0.25) is 5.91 Å². The summed E-state index contributed by atoms with van der Waals surface area (Å²) in [5.74, 6) is 0.195. The van der Waals surface area contributed by atoms with Crippen molar-refractivity contribution in [3.05, 3.63) is 57.3 Å². The highest BCUT2D eigenvalue weighted by Gasteiger charge is 2.33. The Hall–Kier alpha value is -1.65. The maximum Gasteiger partial charge on any atom is 0.237 e. The van der Waals surface area contributed by atoms with E-state index in [4.69, 9.17) is 0 Å². The molecule has 0 spiro atoms. The van der Waals surface area contributed by atoms with Crippen LogP contribution < -0.4 is 5.32 Å². The number of rotatable bonds is 5. The molecule has 128 valence electrons. The van der Waals surface area contributed by atoms with Crippen LogP contribution >= 0.6 is 11.3 Å². The second kappa shape index (κ2) is 7.49. The third-order valence-electron chi connectivity index (χ3n) is 4.98. The number of carbonyl (C=O) groups excluding carboxylic acids is 1.